The van der Waals surface area contributed by atoms with Crippen LogP contribution in [0, 0.1) is 6.92 Å². The maximum absolute atomic E-state index is 12.5. The second-order valence-electron chi connectivity index (χ2n) is 6.36. The van der Waals surface area contributed by atoms with E-state index in [9.17, 15) is 4.79 Å². The molecule has 1 saturated carbocycles. The molecule has 1 heterocycles. The van der Waals surface area contributed by atoms with Gasteiger partial charge in [0.1, 0.15) is 5.82 Å². The third kappa shape index (κ3) is 3.51. The lowest BCUT2D eigenvalue weighted by Gasteiger charge is -2.09. The number of para-hydroxylation sites is 1. The van der Waals surface area contributed by atoms with E-state index in [2.05, 4.69) is 26.9 Å². The highest BCUT2D eigenvalue weighted by atomic mass is 32.2. The quantitative estimate of drug-likeness (QED) is 0.488. The van der Waals surface area contributed by atoms with Crippen LogP contribution < -0.4 is 0 Å². The van der Waals surface area contributed by atoms with Crippen molar-refractivity contribution in [2.24, 2.45) is 0 Å². The highest BCUT2D eigenvalue weighted by Crippen LogP contribution is 2.41. The Bertz CT molecular complexity index is 883. The molecular formula is C20H19N3OS. The molecule has 126 valence electrons. The number of rotatable bonds is 6. The Hall–Kier alpha value is -2.40. The Morgan fingerprint density at radius 2 is 1.80 bits per heavy atom. The minimum Gasteiger partial charge on any atom is -0.293 e. The molecule has 0 aliphatic heterocycles. The Labute approximate surface area is 151 Å². The number of nitrogens with zero attached hydrogens (tertiary/aromatic N) is 3. The fourth-order valence-electron chi connectivity index (χ4n) is 2.75. The molecule has 1 aromatic heterocycles. The molecule has 0 radical (unpaired) electrons. The van der Waals surface area contributed by atoms with Gasteiger partial charge in [0.25, 0.3) is 0 Å². The number of carbonyl (C=O) groups is 1. The summed E-state index contributed by atoms with van der Waals surface area (Å²) in [5, 5.41) is 9.54. The van der Waals surface area contributed by atoms with Crippen LogP contribution in [-0.4, -0.2) is 26.3 Å². The largest absolute Gasteiger partial charge is 0.293 e. The normalized spacial score (nSPS) is 13.8. The SMILES string of the molecule is Cc1ccc(C(=O)CSc2nnc(C3CC3)n2-c2ccccc2)cc1. The predicted octanol–water partition coefficient (Wildman–Crippen LogP) is 4.43. The van der Waals surface area contributed by atoms with Gasteiger partial charge >= 0.3 is 0 Å². The molecule has 0 amide bonds. The van der Waals surface area contributed by atoms with Crippen LogP contribution in [-0.2, 0) is 0 Å². The van der Waals surface area contributed by atoms with Crippen molar-refractivity contribution in [3.05, 3.63) is 71.5 Å². The maximum atomic E-state index is 12.5. The first-order valence-corrected chi connectivity index (χ1v) is 9.44. The molecular weight excluding hydrogens is 330 g/mol. The van der Waals surface area contributed by atoms with Crippen molar-refractivity contribution in [1.82, 2.24) is 14.8 Å². The van der Waals surface area contributed by atoms with Crippen molar-refractivity contribution < 1.29 is 4.79 Å². The first kappa shape index (κ1) is 16.1. The van der Waals surface area contributed by atoms with Gasteiger partial charge in [-0.15, -0.1) is 10.2 Å². The lowest BCUT2D eigenvalue weighted by atomic mass is 10.1. The monoisotopic (exact) mass is 349 g/mol. The number of benzene rings is 2. The van der Waals surface area contributed by atoms with Crippen LogP contribution in [0.15, 0.2) is 59.8 Å². The smallest absolute Gasteiger partial charge is 0.196 e. The van der Waals surface area contributed by atoms with E-state index in [1.54, 1.807) is 0 Å². The molecule has 0 unspecified atom stereocenters. The summed E-state index contributed by atoms with van der Waals surface area (Å²) in [6, 6.07) is 17.8. The summed E-state index contributed by atoms with van der Waals surface area (Å²) in [6.07, 6.45) is 2.33. The average molecular weight is 349 g/mol. The molecule has 1 aliphatic carbocycles. The summed E-state index contributed by atoms with van der Waals surface area (Å²) in [5.41, 5.74) is 2.95. The molecule has 2 aromatic carbocycles. The van der Waals surface area contributed by atoms with Crippen LogP contribution >= 0.6 is 11.8 Å². The van der Waals surface area contributed by atoms with Crippen molar-refractivity contribution in [2.45, 2.75) is 30.8 Å². The van der Waals surface area contributed by atoms with Crippen LogP contribution in [0.5, 0.6) is 0 Å². The fraction of sp³-hybridized carbons (Fsp3) is 0.250. The number of hydrogen-bond acceptors (Lipinski definition) is 4. The number of aromatic nitrogens is 3. The zero-order valence-electron chi connectivity index (χ0n) is 14.1. The van der Waals surface area contributed by atoms with Gasteiger partial charge in [-0.2, -0.15) is 0 Å². The van der Waals surface area contributed by atoms with Crippen molar-refractivity contribution in [3.63, 3.8) is 0 Å². The number of thioether (sulfide) groups is 1. The molecule has 5 heteroatoms. The Morgan fingerprint density at radius 3 is 2.48 bits per heavy atom. The third-order valence-electron chi connectivity index (χ3n) is 4.32. The molecule has 0 saturated heterocycles. The van der Waals surface area contributed by atoms with E-state index in [-0.39, 0.29) is 5.78 Å². The summed E-state index contributed by atoms with van der Waals surface area (Å²) in [6.45, 7) is 2.02. The van der Waals surface area contributed by atoms with Crippen LogP contribution in [0.25, 0.3) is 5.69 Å². The highest BCUT2D eigenvalue weighted by molar-refractivity contribution is 7.99. The minimum absolute atomic E-state index is 0.112. The van der Waals surface area contributed by atoms with Crippen LogP contribution in [0.4, 0.5) is 0 Å². The second kappa shape index (κ2) is 6.84. The number of Topliss-reactive ketones (excluding diaryl/α,β-unsaturated/α-hetero) is 1. The van der Waals surface area contributed by atoms with E-state index in [4.69, 9.17) is 0 Å². The van der Waals surface area contributed by atoms with Gasteiger partial charge in [-0.05, 0) is 31.9 Å². The molecule has 1 fully saturated rings. The Balaban J connectivity index is 1.56. The molecule has 0 spiro atoms. The molecule has 4 nitrogen and oxygen atoms in total. The van der Waals surface area contributed by atoms with E-state index in [1.807, 2.05) is 49.4 Å². The fourth-order valence-corrected chi connectivity index (χ4v) is 3.61. The lowest BCUT2D eigenvalue weighted by molar-refractivity contribution is 0.102. The van der Waals surface area contributed by atoms with E-state index in [0.717, 1.165) is 40.6 Å². The molecule has 3 aromatic rings. The van der Waals surface area contributed by atoms with Crippen LogP contribution in [0.3, 0.4) is 0 Å². The summed E-state index contributed by atoms with van der Waals surface area (Å²) < 4.78 is 2.10. The van der Waals surface area contributed by atoms with Gasteiger partial charge in [0, 0.05) is 17.2 Å². The predicted molar refractivity (Wildman–Crippen MR) is 99.6 cm³/mol. The van der Waals surface area contributed by atoms with E-state index in [1.165, 1.54) is 11.8 Å². The molecule has 0 bridgehead atoms. The first-order chi connectivity index (χ1) is 12.2. The summed E-state index contributed by atoms with van der Waals surface area (Å²) in [7, 11) is 0. The number of carbonyl (C=O) groups excluding carboxylic acids is 1. The van der Waals surface area contributed by atoms with Gasteiger partial charge < -0.3 is 0 Å². The number of hydrogen-bond donors (Lipinski definition) is 0. The third-order valence-corrected chi connectivity index (χ3v) is 5.25. The van der Waals surface area contributed by atoms with E-state index < -0.39 is 0 Å². The van der Waals surface area contributed by atoms with Gasteiger partial charge in [0.05, 0.1) is 5.75 Å². The molecule has 0 N–H and O–H groups in total. The van der Waals surface area contributed by atoms with Crippen LogP contribution in [0.2, 0.25) is 0 Å². The summed E-state index contributed by atoms with van der Waals surface area (Å²) >= 11 is 1.45. The number of ketones is 1. The van der Waals surface area contributed by atoms with E-state index >= 15 is 0 Å². The van der Waals surface area contributed by atoms with Gasteiger partial charge in [-0.25, -0.2) is 0 Å². The molecule has 25 heavy (non-hydrogen) atoms. The van der Waals surface area contributed by atoms with E-state index in [0.29, 0.717) is 11.7 Å². The van der Waals surface area contributed by atoms with Gasteiger partial charge in [-0.3, -0.25) is 9.36 Å². The Morgan fingerprint density at radius 1 is 1.08 bits per heavy atom. The molecule has 4 rings (SSSR count). The van der Waals surface area contributed by atoms with Crippen molar-refractivity contribution >= 4 is 17.5 Å². The average Bonchev–Trinajstić information content (AvgIpc) is 3.40. The Kier molecular flexibility index (Phi) is 4.40. The molecule has 1 aliphatic rings. The topological polar surface area (TPSA) is 47.8 Å². The zero-order chi connectivity index (χ0) is 17.2. The molecule has 0 atom stereocenters. The van der Waals surface area contributed by atoms with Gasteiger partial charge in [-0.1, -0.05) is 59.8 Å². The zero-order valence-corrected chi connectivity index (χ0v) is 14.9. The maximum Gasteiger partial charge on any atom is 0.196 e. The number of aryl methyl sites for hydroxylation is 1. The standard InChI is InChI=1S/C20H19N3OS/c1-14-7-9-15(10-8-14)18(24)13-25-20-22-21-19(16-11-12-16)23(20)17-5-3-2-4-6-17/h2-10,16H,11-13H2,1H3. The van der Waals surface area contributed by atoms with Crippen molar-refractivity contribution in [2.75, 3.05) is 5.75 Å². The van der Waals surface area contributed by atoms with Gasteiger partial charge in [0.2, 0.25) is 0 Å². The highest BCUT2D eigenvalue weighted by Gasteiger charge is 2.31. The second-order valence-corrected chi connectivity index (χ2v) is 7.31. The van der Waals surface area contributed by atoms with Crippen molar-refractivity contribution in [3.8, 4) is 5.69 Å². The van der Waals surface area contributed by atoms with Gasteiger partial charge in [0.15, 0.2) is 10.9 Å². The summed E-state index contributed by atoms with van der Waals surface area (Å²) in [5.74, 6) is 1.98. The minimum atomic E-state index is 0.112. The first-order valence-electron chi connectivity index (χ1n) is 8.46. The summed E-state index contributed by atoms with van der Waals surface area (Å²) in [4.78, 5) is 12.5. The lowest BCUT2D eigenvalue weighted by Crippen LogP contribution is -2.05. The van der Waals surface area contributed by atoms with Crippen molar-refractivity contribution in [1.29, 1.82) is 0 Å². The van der Waals surface area contributed by atoms with Crippen LogP contribution in [0.1, 0.15) is 40.5 Å².